The van der Waals surface area contributed by atoms with E-state index in [1.54, 1.807) is 6.08 Å². The van der Waals surface area contributed by atoms with Gasteiger partial charge in [-0.1, -0.05) is 30.3 Å². The lowest BCUT2D eigenvalue weighted by Crippen LogP contribution is -2.33. The van der Waals surface area contributed by atoms with Crippen molar-refractivity contribution in [1.82, 2.24) is 5.32 Å². The van der Waals surface area contributed by atoms with Crippen LogP contribution in [0.5, 0.6) is 0 Å². The molecular weight excluding hydrogens is 254 g/mol. The van der Waals surface area contributed by atoms with Crippen LogP contribution in [0.4, 0.5) is 0 Å². The monoisotopic (exact) mass is 275 g/mol. The van der Waals surface area contributed by atoms with Crippen molar-refractivity contribution in [2.24, 2.45) is 0 Å². The predicted octanol–water partition coefficient (Wildman–Crippen LogP) is 2.36. The maximum atomic E-state index is 11.8. The normalized spacial score (nSPS) is 18.0. The summed E-state index contributed by atoms with van der Waals surface area (Å²) in [5, 5.41) is 2.86. The Kier molecular flexibility index (Phi) is 4.93. The molecule has 0 unspecified atom stereocenters. The van der Waals surface area contributed by atoms with Gasteiger partial charge in [-0.2, -0.15) is 0 Å². The van der Waals surface area contributed by atoms with Crippen LogP contribution in [0.3, 0.4) is 0 Å². The molecule has 1 N–H and O–H groups in total. The Bertz CT molecular complexity index is 476. The van der Waals surface area contributed by atoms with Crippen LogP contribution in [0.25, 0.3) is 5.57 Å². The van der Waals surface area contributed by atoms with E-state index in [9.17, 15) is 4.79 Å². The fraction of sp³-hybridized carbons (Fsp3) is 0.438. The molecule has 1 aliphatic rings. The minimum Gasteiger partial charge on any atom is -0.352 e. The van der Waals surface area contributed by atoms with E-state index in [1.165, 1.54) is 0 Å². The number of carbonyl (C=O) groups excluding carboxylic acids is 1. The second-order valence-electron chi connectivity index (χ2n) is 5.07. The van der Waals surface area contributed by atoms with Crippen LogP contribution in [0.15, 0.2) is 36.4 Å². The molecule has 0 saturated carbocycles. The number of allylic oxidation sites excluding steroid dienone is 1. The predicted molar refractivity (Wildman–Crippen MR) is 78.0 cm³/mol. The van der Waals surface area contributed by atoms with Gasteiger partial charge in [-0.3, -0.25) is 4.79 Å². The van der Waals surface area contributed by atoms with E-state index >= 15 is 0 Å². The molecule has 20 heavy (non-hydrogen) atoms. The molecule has 0 aromatic heterocycles. The number of rotatable bonds is 5. The topological polar surface area (TPSA) is 47.6 Å². The van der Waals surface area contributed by atoms with Gasteiger partial charge >= 0.3 is 0 Å². The van der Waals surface area contributed by atoms with Crippen LogP contribution < -0.4 is 5.32 Å². The molecule has 1 saturated heterocycles. The van der Waals surface area contributed by atoms with Crippen LogP contribution in [-0.4, -0.2) is 31.5 Å². The fourth-order valence-corrected chi connectivity index (χ4v) is 2.15. The van der Waals surface area contributed by atoms with Crippen molar-refractivity contribution >= 4 is 11.5 Å². The molecule has 108 valence electrons. The summed E-state index contributed by atoms with van der Waals surface area (Å²) in [7, 11) is 0. The summed E-state index contributed by atoms with van der Waals surface area (Å²) in [4.78, 5) is 11.8. The summed E-state index contributed by atoms with van der Waals surface area (Å²) in [5.41, 5.74) is 2.00. The average Bonchev–Trinajstić information content (AvgIpc) is 2.86. The highest BCUT2D eigenvalue weighted by molar-refractivity contribution is 5.94. The molecule has 1 fully saturated rings. The van der Waals surface area contributed by atoms with Crippen molar-refractivity contribution in [1.29, 1.82) is 0 Å². The van der Waals surface area contributed by atoms with Crippen LogP contribution in [0.2, 0.25) is 0 Å². The Hall–Kier alpha value is -1.65. The Morgan fingerprint density at radius 2 is 1.95 bits per heavy atom. The standard InChI is InChI=1S/C16H21NO3/c1-13(14-6-4-3-5-7-14)12-15(18)17-9-8-16(2)19-10-11-20-16/h3-7,12H,8-11H2,1-2H3,(H,17,18)/b13-12+. The summed E-state index contributed by atoms with van der Waals surface area (Å²) in [6.45, 7) is 5.61. The number of ether oxygens (including phenoxy) is 2. The molecule has 1 aromatic rings. The molecule has 1 aliphatic heterocycles. The Morgan fingerprint density at radius 1 is 1.30 bits per heavy atom. The molecule has 1 aromatic carbocycles. The average molecular weight is 275 g/mol. The summed E-state index contributed by atoms with van der Waals surface area (Å²) in [6, 6.07) is 9.85. The van der Waals surface area contributed by atoms with Crippen molar-refractivity contribution in [2.75, 3.05) is 19.8 Å². The van der Waals surface area contributed by atoms with E-state index in [0.29, 0.717) is 26.2 Å². The van der Waals surface area contributed by atoms with Crippen molar-refractivity contribution in [3.8, 4) is 0 Å². The maximum Gasteiger partial charge on any atom is 0.244 e. The van der Waals surface area contributed by atoms with Crippen LogP contribution in [0, 0.1) is 0 Å². The number of benzene rings is 1. The van der Waals surface area contributed by atoms with E-state index in [-0.39, 0.29) is 5.91 Å². The highest BCUT2D eigenvalue weighted by atomic mass is 16.7. The molecule has 0 aliphatic carbocycles. The Labute approximate surface area is 119 Å². The third-order valence-corrected chi connectivity index (χ3v) is 3.35. The zero-order chi connectivity index (χ0) is 14.4. The molecule has 1 amide bonds. The minimum absolute atomic E-state index is 0.0899. The maximum absolute atomic E-state index is 11.8. The number of hydrogen-bond donors (Lipinski definition) is 1. The van der Waals surface area contributed by atoms with Gasteiger partial charge in [-0.15, -0.1) is 0 Å². The first-order valence-corrected chi connectivity index (χ1v) is 6.88. The van der Waals surface area contributed by atoms with E-state index in [0.717, 1.165) is 11.1 Å². The summed E-state index contributed by atoms with van der Waals surface area (Å²) < 4.78 is 11.0. The Balaban J connectivity index is 1.80. The van der Waals surface area contributed by atoms with Gasteiger partial charge < -0.3 is 14.8 Å². The van der Waals surface area contributed by atoms with Crippen molar-refractivity contribution in [2.45, 2.75) is 26.1 Å². The summed E-state index contributed by atoms with van der Waals surface area (Å²) in [5.74, 6) is -0.640. The highest BCUT2D eigenvalue weighted by Gasteiger charge is 2.30. The molecule has 0 atom stereocenters. The number of amides is 1. The van der Waals surface area contributed by atoms with E-state index < -0.39 is 5.79 Å². The zero-order valence-electron chi connectivity index (χ0n) is 12.0. The quantitative estimate of drug-likeness (QED) is 0.839. The van der Waals surface area contributed by atoms with Crippen LogP contribution in [-0.2, 0) is 14.3 Å². The molecule has 0 bridgehead atoms. The lowest BCUT2D eigenvalue weighted by molar-refractivity contribution is -0.146. The van der Waals surface area contributed by atoms with Crippen molar-refractivity contribution in [3.63, 3.8) is 0 Å². The zero-order valence-corrected chi connectivity index (χ0v) is 12.0. The van der Waals surface area contributed by atoms with Gasteiger partial charge in [0, 0.05) is 19.0 Å². The minimum atomic E-state index is -0.550. The smallest absolute Gasteiger partial charge is 0.244 e. The van der Waals surface area contributed by atoms with Crippen molar-refractivity contribution < 1.29 is 14.3 Å². The molecule has 0 radical (unpaired) electrons. The second-order valence-corrected chi connectivity index (χ2v) is 5.07. The van der Waals surface area contributed by atoms with Crippen LogP contribution in [0.1, 0.15) is 25.8 Å². The van der Waals surface area contributed by atoms with Gasteiger partial charge in [-0.05, 0) is 25.0 Å². The highest BCUT2D eigenvalue weighted by Crippen LogP contribution is 2.21. The van der Waals surface area contributed by atoms with Gasteiger partial charge in [0.1, 0.15) is 0 Å². The van der Waals surface area contributed by atoms with Crippen molar-refractivity contribution in [3.05, 3.63) is 42.0 Å². The first-order valence-electron chi connectivity index (χ1n) is 6.88. The van der Waals surface area contributed by atoms with Gasteiger partial charge in [0.2, 0.25) is 5.91 Å². The second kappa shape index (κ2) is 6.68. The number of carbonyl (C=O) groups is 1. The molecule has 4 nitrogen and oxygen atoms in total. The number of hydrogen-bond acceptors (Lipinski definition) is 3. The molecule has 1 heterocycles. The van der Waals surface area contributed by atoms with Gasteiger partial charge in [0.05, 0.1) is 13.2 Å². The lowest BCUT2D eigenvalue weighted by atomic mass is 10.1. The summed E-state index contributed by atoms with van der Waals surface area (Å²) >= 11 is 0. The third-order valence-electron chi connectivity index (χ3n) is 3.35. The molecule has 2 rings (SSSR count). The number of nitrogens with one attached hydrogen (secondary N) is 1. The third kappa shape index (κ3) is 4.18. The van der Waals surface area contributed by atoms with Gasteiger partial charge in [-0.25, -0.2) is 0 Å². The van der Waals surface area contributed by atoms with Gasteiger partial charge in [0.25, 0.3) is 0 Å². The first-order chi connectivity index (χ1) is 9.59. The SMILES string of the molecule is C/C(=C\C(=O)NCCC1(C)OCCO1)c1ccccc1. The molecule has 0 spiro atoms. The van der Waals surface area contributed by atoms with E-state index in [1.807, 2.05) is 44.2 Å². The van der Waals surface area contributed by atoms with E-state index in [2.05, 4.69) is 5.32 Å². The van der Waals surface area contributed by atoms with Gasteiger partial charge in [0.15, 0.2) is 5.79 Å². The summed E-state index contributed by atoms with van der Waals surface area (Å²) in [6.07, 6.45) is 2.27. The van der Waals surface area contributed by atoms with Crippen LogP contribution >= 0.6 is 0 Å². The largest absolute Gasteiger partial charge is 0.352 e. The molecule has 4 heteroatoms. The lowest BCUT2D eigenvalue weighted by Gasteiger charge is -2.21. The first kappa shape index (κ1) is 14.8. The van der Waals surface area contributed by atoms with E-state index in [4.69, 9.17) is 9.47 Å². The molecular formula is C16H21NO3. The Morgan fingerprint density at radius 3 is 2.60 bits per heavy atom. The fourth-order valence-electron chi connectivity index (χ4n) is 2.15.